The van der Waals surface area contributed by atoms with Gasteiger partial charge < -0.3 is 0 Å². The highest BCUT2D eigenvalue weighted by molar-refractivity contribution is 9.10. The van der Waals surface area contributed by atoms with Gasteiger partial charge in [0.25, 0.3) is 6.43 Å². The summed E-state index contributed by atoms with van der Waals surface area (Å²) in [5.41, 5.74) is -1.36. The summed E-state index contributed by atoms with van der Waals surface area (Å²) in [5, 5.41) is 8.40. The normalized spacial score (nSPS) is 10.2. The average Bonchev–Trinajstić information content (AvgIpc) is 2.09. The van der Waals surface area contributed by atoms with Crippen molar-refractivity contribution >= 4 is 15.9 Å². The third-order valence-corrected chi connectivity index (χ3v) is 1.91. The second-order valence-corrected chi connectivity index (χ2v) is 2.86. The Balaban J connectivity index is 3.41. The van der Waals surface area contributed by atoms with Crippen LogP contribution in [0.15, 0.2) is 10.8 Å². The number of pyridine rings is 1. The summed E-state index contributed by atoms with van der Waals surface area (Å²) >= 11 is 2.69. The maximum Gasteiger partial charge on any atom is 0.266 e. The Bertz CT molecular complexity index is 373. The quantitative estimate of drug-likeness (QED) is 0.719. The molecule has 0 unspecified atom stereocenters. The van der Waals surface area contributed by atoms with Crippen molar-refractivity contribution in [2.75, 3.05) is 0 Å². The van der Waals surface area contributed by atoms with Crippen LogP contribution in [-0.4, -0.2) is 4.98 Å². The molecule has 0 aliphatic carbocycles. The second-order valence-electron chi connectivity index (χ2n) is 2.11. The first-order valence-electron chi connectivity index (χ1n) is 3.10. The van der Waals surface area contributed by atoms with Crippen LogP contribution in [0.25, 0.3) is 0 Å². The number of halogens is 4. The molecule has 0 fully saturated rings. The molecule has 0 aliphatic heterocycles. The van der Waals surface area contributed by atoms with Gasteiger partial charge in [0, 0.05) is 6.20 Å². The number of nitriles is 1. The molecule has 13 heavy (non-hydrogen) atoms. The minimum Gasteiger partial charge on any atom is -0.246 e. The SMILES string of the molecule is N#Cc1c(C(F)F)cnc(Br)c1F. The van der Waals surface area contributed by atoms with Gasteiger partial charge in [-0.2, -0.15) is 5.26 Å². The maximum atomic E-state index is 13.0. The predicted molar refractivity (Wildman–Crippen MR) is 41.6 cm³/mol. The molecule has 0 bridgehead atoms. The van der Waals surface area contributed by atoms with Crippen LogP contribution in [0.3, 0.4) is 0 Å². The molecule has 68 valence electrons. The smallest absolute Gasteiger partial charge is 0.246 e. The zero-order chi connectivity index (χ0) is 10.0. The highest BCUT2D eigenvalue weighted by atomic mass is 79.9. The average molecular weight is 251 g/mol. The fourth-order valence-corrected chi connectivity index (χ4v) is 1.06. The van der Waals surface area contributed by atoms with E-state index in [-0.39, 0.29) is 4.60 Å². The molecule has 1 rings (SSSR count). The fourth-order valence-electron chi connectivity index (χ4n) is 0.756. The first-order chi connectivity index (χ1) is 6.07. The first kappa shape index (κ1) is 9.99. The second kappa shape index (κ2) is 3.75. The van der Waals surface area contributed by atoms with Crippen molar-refractivity contribution in [1.29, 1.82) is 5.26 Å². The Hall–Kier alpha value is -1.09. The van der Waals surface area contributed by atoms with Gasteiger partial charge in [-0.15, -0.1) is 0 Å². The molecule has 0 saturated carbocycles. The van der Waals surface area contributed by atoms with E-state index in [9.17, 15) is 13.2 Å². The van der Waals surface area contributed by atoms with E-state index in [4.69, 9.17) is 5.26 Å². The fraction of sp³-hybridized carbons (Fsp3) is 0.143. The molecule has 2 nitrogen and oxygen atoms in total. The Labute approximate surface area is 80.1 Å². The molecule has 0 radical (unpaired) electrons. The van der Waals surface area contributed by atoms with E-state index >= 15 is 0 Å². The molecule has 0 saturated heterocycles. The topological polar surface area (TPSA) is 36.7 Å². The highest BCUT2D eigenvalue weighted by Gasteiger charge is 2.19. The number of aromatic nitrogens is 1. The Kier molecular flexibility index (Phi) is 2.88. The Morgan fingerprint density at radius 1 is 1.54 bits per heavy atom. The van der Waals surface area contributed by atoms with E-state index in [1.165, 1.54) is 6.07 Å². The molecule has 0 aromatic carbocycles. The van der Waals surface area contributed by atoms with E-state index in [0.717, 1.165) is 6.20 Å². The summed E-state index contributed by atoms with van der Waals surface area (Å²) in [6.07, 6.45) is -2.12. The van der Waals surface area contributed by atoms with Crippen LogP contribution >= 0.6 is 15.9 Å². The van der Waals surface area contributed by atoms with Crippen LogP contribution in [0.1, 0.15) is 17.6 Å². The lowest BCUT2D eigenvalue weighted by molar-refractivity contribution is 0.150. The summed E-state index contributed by atoms with van der Waals surface area (Å²) in [5.74, 6) is -1.06. The van der Waals surface area contributed by atoms with Crippen molar-refractivity contribution in [2.24, 2.45) is 0 Å². The van der Waals surface area contributed by atoms with E-state index in [2.05, 4.69) is 20.9 Å². The van der Waals surface area contributed by atoms with Crippen molar-refractivity contribution in [3.63, 3.8) is 0 Å². The van der Waals surface area contributed by atoms with Gasteiger partial charge in [-0.05, 0) is 15.9 Å². The standard InChI is InChI=1S/C7H2BrF3N2/c8-6-5(9)3(1-12)4(2-13-6)7(10)11/h2,7H. The Morgan fingerprint density at radius 3 is 2.62 bits per heavy atom. The Morgan fingerprint density at radius 2 is 2.15 bits per heavy atom. The van der Waals surface area contributed by atoms with Crippen molar-refractivity contribution in [3.8, 4) is 6.07 Å². The summed E-state index contributed by atoms with van der Waals surface area (Å²) in [6, 6.07) is 1.36. The van der Waals surface area contributed by atoms with Gasteiger partial charge in [0.05, 0.1) is 5.56 Å². The number of rotatable bonds is 1. The molecule has 1 aromatic heterocycles. The lowest BCUT2D eigenvalue weighted by Crippen LogP contribution is -1.97. The number of alkyl halides is 2. The number of hydrogen-bond acceptors (Lipinski definition) is 2. The summed E-state index contributed by atoms with van der Waals surface area (Å²) < 4.78 is 37.0. The molecule has 0 spiro atoms. The van der Waals surface area contributed by atoms with Gasteiger partial charge in [-0.25, -0.2) is 18.2 Å². The van der Waals surface area contributed by atoms with Crippen LogP contribution < -0.4 is 0 Å². The van der Waals surface area contributed by atoms with Gasteiger partial charge >= 0.3 is 0 Å². The highest BCUT2D eigenvalue weighted by Crippen LogP contribution is 2.26. The van der Waals surface area contributed by atoms with E-state index in [0.29, 0.717) is 0 Å². The zero-order valence-electron chi connectivity index (χ0n) is 6.06. The minimum atomic E-state index is -2.90. The van der Waals surface area contributed by atoms with Crippen molar-refractivity contribution in [1.82, 2.24) is 4.98 Å². The monoisotopic (exact) mass is 250 g/mol. The molecular formula is C7H2BrF3N2. The van der Waals surface area contributed by atoms with Crippen LogP contribution in [0.5, 0.6) is 0 Å². The van der Waals surface area contributed by atoms with Crippen molar-refractivity contribution in [3.05, 3.63) is 27.7 Å². The van der Waals surface area contributed by atoms with Gasteiger partial charge in [-0.1, -0.05) is 0 Å². The summed E-state index contributed by atoms with van der Waals surface area (Å²) in [4.78, 5) is 3.32. The summed E-state index contributed by atoms with van der Waals surface area (Å²) in [6.45, 7) is 0. The molecule has 1 aromatic rings. The molecule has 6 heteroatoms. The molecule has 0 amide bonds. The van der Waals surface area contributed by atoms with Gasteiger partial charge in [0.1, 0.15) is 16.2 Å². The van der Waals surface area contributed by atoms with Gasteiger partial charge in [0.15, 0.2) is 5.82 Å². The lowest BCUT2D eigenvalue weighted by atomic mass is 10.1. The van der Waals surface area contributed by atoms with Crippen molar-refractivity contribution in [2.45, 2.75) is 6.43 Å². The predicted octanol–water partition coefficient (Wildman–Crippen LogP) is 2.79. The van der Waals surface area contributed by atoms with Crippen LogP contribution in [0.2, 0.25) is 0 Å². The number of hydrogen-bond donors (Lipinski definition) is 0. The largest absolute Gasteiger partial charge is 0.266 e. The van der Waals surface area contributed by atoms with E-state index < -0.39 is 23.4 Å². The van der Waals surface area contributed by atoms with Crippen LogP contribution in [-0.2, 0) is 0 Å². The maximum absolute atomic E-state index is 13.0. The van der Waals surface area contributed by atoms with Gasteiger partial charge in [-0.3, -0.25) is 0 Å². The van der Waals surface area contributed by atoms with Gasteiger partial charge in [0.2, 0.25) is 0 Å². The third kappa shape index (κ3) is 1.80. The molecule has 0 atom stereocenters. The molecule has 1 heterocycles. The lowest BCUT2D eigenvalue weighted by Gasteiger charge is -2.03. The molecule has 0 N–H and O–H groups in total. The molecule has 0 aliphatic rings. The van der Waals surface area contributed by atoms with E-state index in [1.54, 1.807) is 0 Å². The van der Waals surface area contributed by atoms with Crippen LogP contribution in [0.4, 0.5) is 13.2 Å². The van der Waals surface area contributed by atoms with Crippen molar-refractivity contribution < 1.29 is 13.2 Å². The minimum absolute atomic E-state index is 0.242. The zero-order valence-corrected chi connectivity index (χ0v) is 7.65. The summed E-state index contributed by atoms with van der Waals surface area (Å²) in [7, 11) is 0. The molecular weight excluding hydrogens is 249 g/mol. The van der Waals surface area contributed by atoms with E-state index in [1.807, 2.05) is 0 Å². The number of nitrogens with zero attached hydrogens (tertiary/aromatic N) is 2. The first-order valence-corrected chi connectivity index (χ1v) is 3.89. The van der Waals surface area contributed by atoms with Crippen LogP contribution in [0, 0.1) is 17.1 Å². The third-order valence-electron chi connectivity index (χ3n) is 1.35.